The van der Waals surface area contributed by atoms with Gasteiger partial charge in [-0.3, -0.25) is 9.59 Å². The molecule has 0 saturated heterocycles. The number of amides is 1. The summed E-state index contributed by atoms with van der Waals surface area (Å²) in [7, 11) is 0. The van der Waals surface area contributed by atoms with Crippen LogP contribution in [0.5, 0.6) is 0 Å². The van der Waals surface area contributed by atoms with Gasteiger partial charge in [-0.1, -0.05) is 0 Å². The number of carbonyl (C=O) groups excluding carboxylic acids is 1. The monoisotopic (exact) mass is 366 g/mol. The number of aromatic amines is 1. The lowest BCUT2D eigenvalue weighted by Crippen LogP contribution is -2.27. The molecule has 3 rings (SSSR count). The summed E-state index contributed by atoms with van der Waals surface area (Å²) in [6.45, 7) is 1.18. The number of carbonyl (C=O) groups is 1. The van der Waals surface area contributed by atoms with Crippen LogP contribution in [0.4, 0.5) is 0 Å². The molecule has 1 aliphatic rings. The van der Waals surface area contributed by atoms with E-state index in [0.717, 1.165) is 35.9 Å². The fourth-order valence-corrected chi connectivity index (χ4v) is 4.90. The molecular formula is C16H22N4O2S2. The maximum absolute atomic E-state index is 12.4. The third kappa shape index (κ3) is 3.99. The molecule has 0 unspecified atom stereocenters. The first-order chi connectivity index (χ1) is 11.7. The fourth-order valence-electron chi connectivity index (χ4n) is 2.90. The minimum atomic E-state index is -0.0394. The highest BCUT2D eigenvalue weighted by atomic mass is 32.2. The highest BCUT2D eigenvalue weighted by molar-refractivity contribution is 7.99. The highest BCUT2D eigenvalue weighted by Gasteiger charge is 2.19. The Labute approximate surface area is 148 Å². The van der Waals surface area contributed by atoms with E-state index in [2.05, 4.69) is 15.3 Å². The van der Waals surface area contributed by atoms with Crippen molar-refractivity contribution < 1.29 is 4.79 Å². The lowest BCUT2D eigenvalue weighted by atomic mass is 9.97. The highest BCUT2D eigenvalue weighted by Crippen LogP contribution is 2.33. The molecule has 0 atom stereocenters. The average molecular weight is 367 g/mol. The van der Waals surface area contributed by atoms with Gasteiger partial charge in [0.1, 0.15) is 10.7 Å². The standard InChI is InChI=1S/C16H22N4O2S2/c17-6-3-7-18-13(21)9-23-8-12-19-15(22)14-10-4-1-2-5-11(10)24-16(14)20-12/h1-9,17H2,(H,18,21)(H,19,20,22). The van der Waals surface area contributed by atoms with Gasteiger partial charge in [0, 0.05) is 11.4 Å². The Balaban J connectivity index is 1.64. The largest absolute Gasteiger partial charge is 0.355 e. The molecule has 0 bridgehead atoms. The fraction of sp³-hybridized carbons (Fsp3) is 0.562. The van der Waals surface area contributed by atoms with Gasteiger partial charge in [0.25, 0.3) is 5.56 Å². The number of fused-ring (bicyclic) bond motifs is 3. The van der Waals surface area contributed by atoms with Gasteiger partial charge in [0.2, 0.25) is 5.91 Å². The molecule has 0 fully saturated rings. The number of thiophene rings is 1. The topological polar surface area (TPSA) is 101 Å². The predicted molar refractivity (Wildman–Crippen MR) is 99.7 cm³/mol. The molecule has 6 nitrogen and oxygen atoms in total. The van der Waals surface area contributed by atoms with Crippen LogP contribution >= 0.6 is 23.1 Å². The number of aryl methyl sites for hydroxylation is 2. The number of rotatable bonds is 7. The molecule has 0 aromatic carbocycles. The molecule has 8 heteroatoms. The summed E-state index contributed by atoms with van der Waals surface area (Å²) in [6, 6.07) is 0. The Kier molecular flexibility index (Phi) is 5.91. The van der Waals surface area contributed by atoms with Crippen LogP contribution in [0.1, 0.15) is 35.5 Å². The summed E-state index contributed by atoms with van der Waals surface area (Å²) >= 11 is 3.10. The molecule has 0 saturated carbocycles. The molecule has 4 N–H and O–H groups in total. The van der Waals surface area contributed by atoms with Gasteiger partial charge < -0.3 is 16.0 Å². The number of nitrogens with zero attached hydrogens (tertiary/aromatic N) is 1. The first-order valence-corrected chi connectivity index (χ1v) is 10.2. The van der Waals surface area contributed by atoms with E-state index in [1.54, 1.807) is 11.3 Å². The molecule has 130 valence electrons. The molecule has 2 aromatic heterocycles. The first kappa shape index (κ1) is 17.4. The Morgan fingerprint density at radius 3 is 3.04 bits per heavy atom. The minimum absolute atomic E-state index is 0.0107. The van der Waals surface area contributed by atoms with E-state index in [0.29, 0.717) is 30.4 Å². The van der Waals surface area contributed by atoms with Gasteiger partial charge in [-0.15, -0.1) is 23.1 Å². The van der Waals surface area contributed by atoms with Crippen molar-refractivity contribution in [3.63, 3.8) is 0 Å². The summed E-state index contributed by atoms with van der Waals surface area (Å²) in [5, 5.41) is 3.59. The summed E-state index contributed by atoms with van der Waals surface area (Å²) in [5.74, 6) is 1.51. The quantitative estimate of drug-likeness (QED) is 0.646. The van der Waals surface area contributed by atoms with Crippen LogP contribution < -0.4 is 16.6 Å². The Morgan fingerprint density at radius 1 is 1.38 bits per heavy atom. The van der Waals surface area contributed by atoms with Crippen molar-refractivity contribution in [2.75, 3.05) is 18.8 Å². The van der Waals surface area contributed by atoms with E-state index < -0.39 is 0 Å². The average Bonchev–Trinajstić information content (AvgIpc) is 2.94. The van der Waals surface area contributed by atoms with E-state index in [-0.39, 0.29) is 11.5 Å². The third-order valence-electron chi connectivity index (χ3n) is 4.05. The van der Waals surface area contributed by atoms with Crippen molar-refractivity contribution in [2.45, 2.75) is 37.9 Å². The molecular weight excluding hydrogens is 344 g/mol. The van der Waals surface area contributed by atoms with Crippen LogP contribution in [0.15, 0.2) is 4.79 Å². The van der Waals surface area contributed by atoms with Gasteiger partial charge >= 0.3 is 0 Å². The Bertz CT molecular complexity index is 784. The van der Waals surface area contributed by atoms with Gasteiger partial charge in [-0.2, -0.15) is 0 Å². The van der Waals surface area contributed by atoms with Crippen molar-refractivity contribution in [1.82, 2.24) is 15.3 Å². The van der Waals surface area contributed by atoms with E-state index in [9.17, 15) is 9.59 Å². The number of hydrogen-bond donors (Lipinski definition) is 3. The van der Waals surface area contributed by atoms with Gasteiger partial charge in [0.05, 0.1) is 16.9 Å². The second kappa shape index (κ2) is 8.13. The number of H-pyrrole nitrogens is 1. The van der Waals surface area contributed by atoms with Crippen molar-refractivity contribution in [1.29, 1.82) is 0 Å². The van der Waals surface area contributed by atoms with Crippen LogP contribution in [0, 0.1) is 0 Å². The SMILES string of the molecule is NCCCNC(=O)CSCc1nc2sc3c(c2c(=O)[nH]1)CCCC3. The molecule has 2 aromatic rings. The lowest BCUT2D eigenvalue weighted by molar-refractivity contribution is -0.118. The second-order valence-corrected chi connectivity index (χ2v) is 7.96. The third-order valence-corrected chi connectivity index (χ3v) is 6.18. The predicted octanol–water partition coefficient (Wildman–Crippen LogP) is 1.56. The summed E-state index contributed by atoms with van der Waals surface area (Å²) < 4.78 is 0. The smallest absolute Gasteiger partial charge is 0.259 e. The summed E-state index contributed by atoms with van der Waals surface area (Å²) in [4.78, 5) is 33.7. The number of aromatic nitrogens is 2. The maximum atomic E-state index is 12.4. The van der Waals surface area contributed by atoms with Crippen LogP contribution in [-0.4, -0.2) is 34.7 Å². The van der Waals surface area contributed by atoms with Crippen LogP contribution in [0.25, 0.3) is 10.2 Å². The van der Waals surface area contributed by atoms with Gasteiger partial charge in [0.15, 0.2) is 0 Å². The molecule has 0 aliphatic heterocycles. The number of hydrogen-bond acceptors (Lipinski definition) is 6. The van der Waals surface area contributed by atoms with E-state index in [1.165, 1.54) is 28.6 Å². The molecule has 1 aliphatic carbocycles. The van der Waals surface area contributed by atoms with Gasteiger partial charge in [-0.05, 0) is 44.2 Å². The van der Waals surface area contributed by atoms with Crippen LogP contribution in [0.3, 0.4) is 0 Å². The second-order valence-electron chi connectivity index (χ2n) is 5.89. The van der Waals surface area contributed by atoms with Crippen molar-refractivity contribution >= 4 is 39.2 Å². The summed E-state index contributed by atoms with van der Waals surface area (Å²) in [6.07, 6.45) is 5.17. The Hall–Kier alpha value is -1.38. The van der Waals surface area contributed by atoms with E-state index in [1.807, 2.05) is 0 Å². The lowest BCUT2D eigenvalue weighted by Gasteiger charge is -2.09. The van der Waals surface area contributed by atoms with Crippen LogP contribution in [-0.2, 0) is 23.4 Å². The number of nitrogens with one attached hydrogen (secondary N) is 2. The molecule has 2 heterocycles. The molecule has 0 radical (unpaired) electrons. The van der Waals surface area contributed by atoms with Crippen molar-refractivity contribution in [2.24, 2.45) is 5.73 Å². The maximum Gasteiger partial charge on any atom is 0.259 e. The van der Waals surface area contributed by atoms with Gasteiger partial charge in [-0.25, -0.2) is 4.98 Å². The number of nitrogens with two attached hydrogens (primary N) is 1. The minimum Gasteiger partial charge on any atom is -0.355 e. The van der Waals surface area contributed by atoms with E-state index in [4.69, 9.17) is 5.73 Å². The normalized spacial score (nSPS) is 13.9. The molecule has 24 heavy (non-hydrogen) atoms. The van der Waals surface area contributed by atoms with Crippen molar-refractivity contribution in [3.05, 3.63) is 26.6 Å². The van der Waals surface area contributed by atoms with Crippen LogP contribution in [0.2, 0.25) is 0 Å². The first-order valence-electron chi connectivity index (χ1n) is 8.27. The van der Waals surface area contributed by atoms with E-state index >= 15 is 0 Å². The Morgan fingerprint density at radius 2 is 2.21 bits per heavy atom. The van der Waals surface area contributed by atoms with Crippen molar-refractivity contribution in [3.8, 4) is 0 Å². The molecule has 1 amide bonds. The zero-order valence-corrected chi connectivity index (χ0v) is 15.2. The zero-order chi connectivity index (χ0) is 16.9. The summed E-state index contributed by atoms with van der Waals surface area (Å²) in [5.41, 5.74) is 6.55. The number of thioether (sulfide) groups is 1. The molecule has 0 spiro atoms. The zero-order valence-electron chi connectivity index (χ0n) is 13.5.